The van der Waals surface area contributed by atoms with Crippen molar-refractivity contribution in [2.24, 2.45) is 0 Å². The average molecular weight is 225 g/mol. The highest BCUT2D eigenvalue weighted by Crippen LogP contribution is 2.19. The molecule has 0 aliphatic heterocycles. The van der Waals surface area contributed by atoms with Crippen molar-refractivity contribution < 1.29 is 9.18 Å². The molecule has 1 amide bonds. The van der Waals surface area contributed by atoms with Gasteiger partial charge in [-0.05, 0) is 18.2 Å². The zero-order valence-electron chi connectivity index (χ0n) is 7.50. The van der Waals surface area contributed by atoms with Crippen LogP contribution >= 0.6 is 11.6 Å². The molecule has 0 aliphatic rings. The monoisotopic (exact) mass is 224 g/mol. The summed E-state index contributed by atoms with van der Waals surface area (Å²) in [4.78, 5) is 10.9. The molecule has 0 aromatic heterocycles. The van der Waals surface area contributed by atoms with E-state index in [4.69, 9.17) is 16.9 Å². The Kier molecular flexibility index (Phi) is 3.83. The lowest BCUT2D eigenvalue weighted by molar-refractivity contribution is -0.115. The minimum Gasteiger partial charge on any atom is -0.269 e. The van der Waals surface area contributed by atoms with Crippen LogP contribution in [0, 0.1) is 17.3 Å². The molecule has 0 heterocycles. The second kappa shape index (κ2) is 5.13. The van der Waals surface area contributed by atoms with Gasteiger partial charge in [-0.3, -0.25) is 10.1 Å². The minimum atomic E-state index is -0.628. The van der Waals surface area contributed by atoms with E-state index < -0.39 is 11.7 Å². The fraction of sp³-hybridized carbons (Fsp3) is 0. The molecule has 1 N–H and O–H groups in total. The highest BCUT2D eigenvalue weighted by Gasteiger charge is 2.03. The molecule has 76 valence electrons. The number of benzene rings is 1. The number of nitrogens with zero attached hydrogens (tertiary/aromatic N) is 1. The van der Waals surface area contributed by atoms with Gasteiger partial charge in [0.1, 0.15) is 5.82 Å². The molecule has 0 bridgehead atoms. The van der Waals surface area contributed by atoms with Crippen molar-refractivity contribution in [1.29, 1.82) is 5.26 Å². The van der Waals surface area contributed by atoms with E-state index in [2.05, 4.69) is 0 Å². The van der Waals surface area contributed by atoms with E-state index in [9.17, 15) is 9.18 Å². The SMILES string of the molecule is N#CNC(=O)C=Cc1c(F)cccc1Cl. The molecular formula is C10H6ClFN2O. The third-order valence-corrected chi connectivity index (χ3v) is 1.91. The number of rotatable bonds is 2. The fourth-order valence-electron chi connectivity index (χ4n) is 0.926. The van der Waals surface area contributed by atoms with Gasteiger partial charge in [-0.15, -0.1) is 0 Å². The summed E-state index contributed by atoms with van der Waals surface area (Å²) < 4.78 is 13.2. The predicted octanol–water partition coefficient (Wildman–Crippen LogP) is 2.09. The largest absolute Gasteiger partial charge is 0.269 e. The maximum Gasteiger partial charge on any atom is 0.256 e. The van der Waals surface area contributed by atoms with Crippen LogP contribution in [0.15, 0.2) is 24.3 Å². The summed E-state index contributed by atoms with van der Waals surface area (Å²) >= 11 is 5.70. The number of carbonyl (C=O) groups is 1. The highest BCUT2D eigenvalue weighted by atomic mass is 35.5. The molecule has 0 saturated heterocycles. The zero-order chi connectivity index (χ0) is 11.3. The lowest BCUT2D eigenvalue weighted by Crippen LogP contribution is -2.13. The van der Waals surface area contributed by atoms with Gasteiger partial charge in [0, 0.05) is 11.6 Å². The van der Waals surface area contributed by atoms with Gasteiger partial charge in [-0.1, -0.05) is 17.7 Å². The van der Waals surface area contributed by atoms with Crippen molar-refractivity contribution in [3.8, 4) is 6.19 Å². The Hall–Kier alpha value is -1.86. The normalized spacial score (nSPS) is 9.93. The Morgan fingerprint density at radius 1 is 1.60 bits per heavy atom. The molecule has 1 rings (SSSR count). The van der Waals surface area contributed by atoms with E-state index in [0.717, 1.165) is 6.08 Å². The van der Waals surface area contributed by atoms with Gasteiger partial charge in [-0.2, -0.15) is 5.26 Å². The molecule has 5 heteroatoms. The number of hydrogen-bond acceptors (Lipinski definition) is 2. The number of carbonyl (C=O) groups excluding carboxylic acids is 1. The lowest BCUT2D eigenvalue weighted by Gasteiger charge is -1.98. The first-order chi connectivity index (χ1) is 7.15. The van der Waals surface area contributed by atoms with Gasteiger partial charge in [0.15, 0.2) is 6.19 Å². The van der Waals surface area contributed by atoms with Crippen LogP contribution in [-0.2, 0) is 4.79 Å². The fourth-order valence-corrected chi connectivity index (χ4v) is 1.15. The van der Waals surface area contributed by atoms with Crippen molar-refractivity contribution in [3.63, 3.8) is 0 Å². The first-order valence-electron chi connectivity index (χ1n) is 3.96. The summed E-state index contributed by atoms with van der Waals surface area (Å²) in [5.74, 6) is -1.15. The first kappa shape index (κ1) is 11.2. The summed E-state index contributed by atoms with van der Waals surface area (Å²) in [5.41, 5.74) is 0.118. The maximum absolute atomic E-state index is 13.2. The molecule has 0 saturated carbocycles. The molecule has 1 aromatic carbocycles. The standard InChI is InChI=1S/C10H6ClFN2O/c11-8-2-1-3-9(12)7(8)4-5-10(15)14-6-13/h1-5H,(H,14,15). The quantitative estimate of drug-likeness (QED) is 0.475. The van der Waals surface area contributed by atoms with Gasteiger partial charge >= 0.3 is 0 Å². The van der Waals surface area contributed by atoms with Crippen molar-refractivity contribution in [2.45, 2.75) is 0 Å². The van der Waals surface area contributed by atoms with Crippen molar-refractivity contribution in [3.05, 3.63) is 40.7 Å². The van der Waals surface area contributed by atoms with E-state index in [-0.39, 0.29) is 10.6 Å². The third kappa shape index (κ3) is 3.08. The molecule has 0 aliphatic carbocycles. The van der Waals surface area contributed by atoms with Crippen LogP contribution in [0.4, 0.5) is 4.39 Å². The number of halogens is 2. The molecule has 1 aromatic rings. The minimum absolute atomic E-state index is 0.118. The Labute approximate surface area is 90.8 Å². The molecule has 3 nitrogen and oxygen atoms in total. The smallest absolute Gasteiger partial charge is 0.256 e. The Balaban J connectivity index is 2.90. The molecule has 0 fully saturated rings. The van der Waals surface area contributed by atoms with Crippen LogP contribution in [0.3, 0.4) is 0 Å². The van der Waals surface area contributed by atoms with Crippen LogP contribution < -0.4 is 5.32 Å². The second-order valence-electron chi connectivity index (χ2n) is 2.57. The zero-order valence-corrected chi connectivity index (χ0v) is 8.25. The number of nitrogens with one attached hydrogen (secondary N) is 1. The second-order valence-corrected chi connectivity index (χ2v) is 2.98. The van der Waals surface area contributed by atoms with Crippen LogP contribution in [0.1, 0.15) is 5.56 Å². The molecule has 15 heavy (non-hydrogen) atoms. The Bertz CT molecular complexity index is 431. The van der Waals surface area contributed by atoms with E-state index in [1.165, 1.54) is 30.5 Å². The number of nitriles is 1. The summed E-state index contributed by atoms with van der Waals surface area (Å²) in [6, 6.07) is 4.20. The van der Waals surface area contributed by atoms with Crippen molar-refractivity contribution >= 4 is 23.6 Å². The summed E-state index contributed by atoms with van der Waals surface area (Å²) in [6.45, 7) is 0. The van der Waals surface area contributed by atoms with Gasteiger partial charge in [-0.25, -0.2) is 4.39 Å². The van der Waals surface area contributed by atoms with E-state index in [1.54, 1.807) is 0 Å². The van der Waals surface area contributed by atoms with Gasteiger partial charge < -0.3 is 0 Å². The first-order valence-corrected chi connectivity index (χ1v) is 4.34. The maximum atomic E-state index is 13.2. The van der Waals surface area contributed by atoms with Gasteiger partial charge in [0.25, 0.3) is 5.91 Å². The van der Waals surface area contributed by atoms with Crippen molar-refractivity contribution in [1.82, 2.24) is 5.32 Å². The van der Waals surface area contributed by atoms with Crippen LogP contribution in [0.2, 0.25) is 5.02 Å². The summed E-state index contributed by atoms with van der Waals surface area (Å²) in [6.07, 6.45) is 3.70. The van der Waals surface area contributed by atoms with Gasteiger partial charge in [0.2, 0.25) is 0 Å². The van der Waals surface area contributed by atoms with Crippen LogP contribution in [0.5, 0.6) is 0 Å². The number of amides is 1. The summed E-state index contributed by atoms with van der Waals surface area (Å²) in [7, 11) is 0. The average Bonchev–Trinajstić information content (AvgIpc) is 2.17. The third-order valence-electron chi connectivity index (χ3n) is 1.58. The van der Waals surface area contributed by atoms with E-state index in [1.807, 2.05) is 5.32 Å². The van der Waals surface area contributed by atoms with Gasteiger partial charge in [0.05, 0.1) is 5.02 Å². The molecule has 0 radical (unpaired) electrons. The van der Waals surface area contributed by atoms with E-state index >= 15 is 0 Å². The predicted molar refractivity (Wildman–Crippen MR) is 54.2 cm³/mol. The van der Waals surface area contributed by atoms with Crippen LogP contribution in [-0.4, -0.2) is 5.91 Å². The topological polar surface area (TPSA) is 52.9 Å². The molecule has 0 atom stereocenters. The number of hydrogen-bond donors (Lipinski definition) is 1. The van der Waals surface area contributed by atoms with E-state index in [0.29, 0.717) is 0 Å². The highest BCUT2D eigenvalue weighted by molar-refractivity contribution is 6.32. The molecular weight excluding hydrogens is 219 g/mol. The van der Waals surface area contributed by atoms with Crippen molar-refractivity contribution in [2.75, 3.05) is 0 Å². The van der Waals surface area contributed by atoms with Crippen LogP contribution in [0.25, 0.3) is 6.08 Å². The molecule has 0 unspecified atom stereocenters. The lowest BCUT2D eigenvalue weighted by atomic mass is 10.2. The Morgan fingerprint density at radius 2 is 2.33 bits per heavy atom. The summed E-state index contributed by atoms with van der Waals surface area (Å²) in [5, 5.41) is 10.2. The molecule has 0 spiro atoms. The Morgan fingerprint density at radius 3 is 2.93 bits per heavy atom.